The van der Waals surface area contributed by atoms with Gasteiger partial charge in [-0.2, -0.15) is 5.26 Å². The van der Waals surface area contributed by atoms with Gasteiger partial charge >= 0.3 is 0 Å². The highest BCUT2D eigenvalue weighted by Crippen LogP contribution is 2.19. The molecule has 14 heavy (non-hydrogen) atoms. The van der Waals surface area contributed by atoms with Crippen LogP contribution in [-0.4, -0.2) is 5.91 Å². The molecule has 4 heteroatoms. The summed E-state index contributed by atoms with van der Waals surface area (Å²) in [6, 6.07) is 7.21. The van der Waals surface area contributed by atoms with Gasteiger partial charge in [0.15, 0.2) is 0 Å². The molecular formula is C10H9BrN2O. The normalized spacial score (nSPS) is 9.21. The van der Waals surface area contributed by atoms with E-state index in [0.29, 0.717) is 10.9 Å². The molecule has 0 unspecified atom stereocenters. The Kier molecular flexibility index (Phi) is 3.66. The Morgan fingerprint density at radius 2 is 2.36 bits per heavy atom. The summed E-state index contributed by atoms with van der Waals surface area (Å²) in [5, 5.41) is 12.0. The van der Waals surface area contributed by atoms with Crippen LogP contribution in [0.3, 0.4) is 0 Å². The van der Waals surface area contributed by atoms with E-state index in [2.05, 4.69) is 21.2 Å². The number of benzene rings is 1. The number of amides is 1. The van der Waals surface area contributed by atoms with Crippen LogP contribution in [-0.2, 0) is 10.1 Å². The van der Waals surface area contributed by atoms with Crippen molar-refractivity contribution >= 4 is 27.5 Å². The van der Waals surface area contributed by atoms with Gasteiger partial charge in [-0.25, -0.2) is 0 Å². The molecule has 1 N–H and O–H groups in total. The van der Waals surface area contributed by atoms with Gasteiger partial charge in [-0.3, -0.25) is 4.79 Å². The van der Waals surface area contributed by atoms with Crippen molar-refractivity contribution < 1.29 is 4.79 Å². The van der Waals surface area contributed by atoms with Gasteiger partial charge in [-0.05, 0) is 23.8 Å². The molecule has 0 bridgehead atoms. The van der Waals surface area contributed by atoms with Crippen LogP contribution in [0.5, 0.6) is 0 Å². The van der Waals surface area contributed by atoms with Crippen molar-refractivity contribution in [2.45, 2.75) is 12.3 Å². The van der Waals surface area contributed by atoms with Gasteiger partial charge in [0.1, 0.15) is 0 Å². The Balaban J connectivity index is 3.06. The van der Waals surface area contributed by atoms with Gasteiger partial charge in [0, 0.05) is 17.9 Å². The first kappa shape index (κ1) is 10.7. The van der Waals surface area contributed by atoms with Crippen molar-refractivity contribution in [1.29, 1.82) is 5.26 Å². The lowest BCUT2D eigenvalue weighted by molar-refractivity contribution is -0.114. The molecule has 0 aromatic heterocycles. The molecule has 72 valence electrons. The van der Waals surface area contributed by atoms with Crippen LogP contribution in [0.25, 0.3) is 0 Å². The van der Waals surface area contributed by atoms with E-state index in [-0.39, 0.29) is 5.91 Å². The van der Waals surface area contributed by atoms with E-state index < -0.39 is 0 Å². The molecule has 0 aliphatic heterocycles. The van der Waals surface area contributed by atoms with E-state index in [4.69, 9.17) is 5.26 Å². The number of carbonyl (C=O) groups is 1. The van der Waals surface area contributed by atoms with Gasteiger partial charge in [-0.15, -0.1) is 0 Å². The predicted octanol–water partition coefficient (Wildman–Crippen LogP) is 2.41. The van der Waals surface area contributed by atoms with E-state index in [9.17, 15) is 4.79 Å². The molecule has 0 spiro atoms. The molecule has 1 aromatic rings. The van der Waals surface area contributed by atoms with Crippen LogP contribution >= 0.6 is 15.9 Å². The van der Waals surface area contributed by atoms with Crippen molar-refractivity contribution in [3.05, 3.63) is 29.3 Å². The molecule has 0 radical (unpaired) electrons. The first-order valence-corrected chi connectivity index (χ1v) is 5.16. The minimum atomic E-state index is -0.114. The number of hydrogen-bond acceptors (Lipinski definition) is 2. The average molecular weight is 253 g/mol. The third kappa shape index (κ3) is 2.57. The lowest BCUT2D eigenvalue weighted by Crippen LogP contribution is -2.07. The Morgan fingerprint density at radius 1 is 1.64 bits per heavy atom. The summed E-state index contributed by atoms with van der Waals surface area (Å²) < 4.78 is 0. The second-order valence-corrected chi connectivity index (χ2v) is 3.36. The summed E-state index contributed by atoms with van der Waals surface area (Å²) in [6.45, 7) is 1.45. The molecule has 1 amide bonds. The number of hydrogen-bond donors (Lipinski definition) is 1. The quantitative estimate of drug-likeness (QED) is 0.823. The molecule has 0 saturated carbocycles. The largest absolute Gasteiger partial charge is 0.326 e. The third-order valence-corrected chi connectivity index (χ3v) is 2.29. The molecule has 1 rings (SSSR count). The topological polar surface area (TPSA) is 52.9 Å². The van der Waals surface area contributed by atoms with Crippen LogP contribution in [0, 0.1) is 11.3 Å². The van der Waals surface area contributed by atoms with Gasteiger partial charge in [0.05, 0.1) is 11.6 Å². The summed E-state index contributed by atoms with van der Waals surface area (Å²) in [6.07, 6.45) is 0. The average Bonchev–Trinajstić information content (AvgIpc) is 2.17. The van der Waals surface area contributed by atoms with Crippen LogP contribution in [0.2, 0.25) is 0 Å². The molecule has 0 aliphatic rings. The zero-order valence-electron chi connectivity index (χ0n) is 7.67. The molecular weight excluding hydrogens is 244 g/mol. The summed E-state index contributed by atoms with van der Waals surface area (Å²) in [5.74, 6) is -0.114. The van der Waals surface area contributed by atoms with Gasteiger partial charge < -0.3 is 5.32 Å². The Morgan fingerprint density at radius 3 is 2.86 bits per heavy atom. The monoisotopic (exact) mass is 252 g/mol. The number of nitriles is 1. The summed E-state index contributed by atoms with van der Waals surface area (Å²) in [4.78, 5) is 10.8. The summed E-state index contributed by atoms with van der Waals surface area (Å²) in [5.41, 5.74) is 2.24. The zero-order chi connectivity index (χ0) is 10.6. The van der Waals surface area contributed by atoms with Crippen LogP contribution in [0.4, 0.5) is 5.69 Å². The fourth-order valence-corrected chi connectivity index (χ4v) is 1.55. The number of nitrogens with zero attached hydrogens (tertiary/aromatic N) is 1. The maximum absolute atomic E-state index is 10.8. The van der Waals surface area contributed by atoms with E-state index in [1.54, 1.807) is 18.2 Å². The summed E-state index contributed by atoms with van der Waals surface area (Å²) in [7, 11) is 0. The minimum absolute atomic E-state index is 0.114. The molecule has 0 saturated heterocycles. The zero-order valence-corrected chi connectivity index (χ0v) is 9.26. The second kappa shape index (κ2) is 4.77. The SMILES string of the molecule is CC(=O)Nc1ccc(C#N)cc1CBr. The van der Waals surface area contributed by atoms with Crippen LogP contribution in [0.1, 0.15) is 18.1 Å². The summed E-state index contributed by atoms with van der Waals surface area (Å²) >= 11 is 3.30. The van der Waals surface area contributed by atoms with Gasteiger partial charge in [0.2, 0.25) is 5.91 Å². The number of rotatable bonds is 2. The van der Waals surface area contributed by atoms with Gasteiger partial charge in [0.25, 0.3) is 0 Å². The molecule has 0 atom stereocenters. The Labute approximate surface area is 90.9 Å². The smallest absolute Gasteiger partial charge is 0.221 e. The predicted molar refractivity (Wildman–Crippen MR) is 58.1 cm³/mol. The van der Waals surface area contributed by atoms with Crippen LogP contribution in [0.15, 0.2) is 18.2 Å². The fourth-order valence-electron chi connectivity index (χ4n) is 1.09. The molecule has 1 aromatic carbocycles. The Bertz CT molecular complexity index is 396. The van der Waals surface area contributed by atoms with E-state index in [1.165, 1.54) is 6.92 Å². The Hall–Kier alpha value is -1.34. The third-order valence-electron chi connectivity index (χ3n) is 1.69. The van der Waals surface area contributed by atoms with Crippen molar-refractivity contribution in [2.75, 3.05) is 5.32 Å². The van der Waals surface area contributed by atoms with Crippen molar-refractivity contribution in [1.82, 2.24) is 0 Å². The maximum Gasteiger partial charge on any atom is 0.221 e. The highest BCUT2D eigenvalue weighted by molar-refractivity contribution is 9.08. The lowest BCUT2D eigenvalue weighted by Gasteiger charge is -2.07. The van der Waals surface area contributed by atoms with Gasteiger partial charge in [-0.1, -0.05) is 15.9 Å². The molecule has 0 aliphatic carbocycles. The molecule has 0 fully saturated rings. The standard InChI is InChI=1S/C10H9BrN2O/c1-7(14)13-10-3-2-8(6-12)4-9(10)5-11/h2-4H,5H2,1H3,(H,13,14). The minimum Gasteiger partial charge on any atom is -0.326 e. The van der Waals surface area contributed by atoms with Crippen molar-refractivity contribution in [3.63, 3.8) is 0 Å². The number of nitrogens with one attached hydrogen (secondary N) is 1. The first-order valence-electron chi connectivity index (χ1n) is 4.04. The first-order chi connectivity index (χ1) is 6.67. The number of halogens is 1. The molecule has 0 heterocycles. The van der Waals surface area contributed by atoms with Crippen molar-refractivity contribution in [3.8, 4) is 6.07 Å². The van der Waals surface area contributed by atoms with E-state index in [0.717, 1.165) is 11.3 Å². The fraction of sp³-hybridized carbons (Fsp3) is 0.200. The lowest BCUT2D eigenvalue weighted by atomic mass is 10.1. The highest BCUT2D eigenvalue weighted by atomic mass is 79.9. The van der Waals surface area contributed by atoms with E-state index >= 15 is 0 Å². The second-order valence-electron chi connectivity index (χ2n) is 2.80. The van der Waals surface area contributed by atoms with Crippen LogP contribution < -0.4 is 5.32 Å². The number of carbonyl (C=O) groups excluding carboxylic acids is 1. The molecule has 3 nitrogen and oxygen atoms in total. The number of alkyl halides is 1. The maximum atomic E-state index is 10.8. The number of anilines is 1. The van der Waals surface area contributed by atoms with E-state index in [1.807, 2.05) is 6.07 Å². The van der Waals surface area contributed by atoms with Crippen molar-refractivity contribution in [2.24, 2.45) is 0 Å². The highest BCUT2D eigenvalue weighted by Gasteiger charge is 2.03.